The van der Waals surface area contributed by atoms with Crippen LogP contribution >= 0.6 is 0 Å². The maximum atomic E-state index is 10.7. The van der Waals surface area contributed by atoms with Crippen molar-refractivity contribution < 1.29 is 10.0 Å². The molecule has 2 heterocycles. The second-order valence-corrected chi connectivity index (χ2v) is 3.64. The Morgan fingerprint density at radius 2 is 2.25 bits per heavy atom. The standard InChI is InChI=1S/C8H14N2O2/c1-6-9-4-7(10(6)12)2-3-8(9)5-11/h5-8,12H,2-4H2,1H3/t6?,7-,8+/m1/s1. The van der Waals surface area contributed by atoms with Crippen LogP contribution in [0.3, 0.4) is 0 Å². The van der Waals surface area contributed by atoms with E-state index >= 15 is 0 Å². The van der Waals surface area contributed by atoms with Crippen LogP contribution in [-0.2, 0) is 4.79 Å². The predicted molar refractivity (Wildman–Crippen MR) is 42.7 cm³/mol. The molecule has 68 valence electrons. The number of hydrogen-bond acceptors (Lipinski definition) is 4. The molecule has 0 amide bonds. The first-order valence-corrected chi connectivity index (χ1v) is 4.42. The van der Waals surface area contributed by atoms with E-state index in [2.05, 4.69) is 4.90 Å². The minimum atomic E-state index is 0.00713. The summed E-state index contributed by atoms with van der Waals surface area (Å²) in [7, 11) is 0. The number of carbonyl (C=O) groups is 1. The van der Waals surface area contributed by atoms with Crippen LogP contribution in [0.1, 0.15) is 19.8 Å². The zero-order valence-corrected chi connectivity index (χ0v) is 7.18. The van der Waals surface area contributed by atoms with Crippen molar-refractivity contribution in [2.45, 2.75) is 38.0 Å². The van der Waals surface area contributed by atoms with Crippen LogP contribution in [0.25, 0.3) is 0 Å². The van der Waals surface area contributed by atoms with Gasteiger partial charge in [0.15, 0.2) is 0 Å². The summed E-state index contributed by atoms with van der Waals surface area (Å²) in [6.45, 7) is 2.77. The first-order valence-electron chi connectivity index (χ1n) is 4.42. The Bertz CT molecular complexity index is 197. The monoisotopic (exact) mass is 170 g/mol. The summed E-state index contributed by atoms with van der Waals surface area (Å²) in [6, 6.07) is 0.268. The molecule has 0 saturated carbocycles. The third kappa shape index (κ3) is 0.990. The van der Waals surface area contributed by atoms with Gasteiger partial charge in [-0.3, -0.25) is 4.90 Å². The minimum Gasteiger partial charge on any atom is -0.312 e. The molecule has 2 bridgehead atoms. The average molecular weight is 170 g/mol. The summed E-state index contributed by atoms with van der Waals surface area (Å²) in [5.41, 5.74) is 0. The molecule has 12 heavy (non-hydrogen) atoms. The van der Waals surface area contributed by atoms with Gasteiger partial charge in [0.2, 0.25) is 0 Å². The molecule has 2 aliphatic heterocycles. The average Bonchev–Trinajstić information content (AvgIpc) is 2.33. The first kappa shape index (κ1) is 8.16. The maximum Gasteiger partial charge on any atom is 0.137 e. The Hall–Kier alpha value is -0.450. The molecular formula is C8H14N2O2. The number of hydrogen-bond donors (Lipinski definition) is 1. The van der Waals surface area contributed by atoms with E-state index in [-0.39, 0.29) is 18.2 Å². The molecule has 2 unspecified atom stereocenters. The number of rotatable bonds is 1. The van der Waals surface area contributed by atoms with Crippen LogP contribution < -0.4 is 0 Å². The molecule has 0 aromatic heterocycles. The molecule has 1 N–H and O–H groups in total. The van der Waals surface area contributed by atoms with E-state index in [0.29, 0.717) is 0 Å². The SMILES string of the molecule is CC1N(O)[C@@H]2CC[C@@H](C=O)N1C2. The zero-order valence-electron chi connectivity index (χ0n) is 7.18. The highest BCUT2D eigenvalue weighted by molar-refractivity contribution is 5.58. The molecule has 2 aliphatic rings. The fraction of sp³-hybridized carbons (Fsp3) is 0.875. The minimum absolute atomic E-state index is 0.00713. The van der Waals surface area contributed by atoms with E-state index in [1.807, 2.05) is 6.92 Å². The summed E-state index contributed by atoms with van der Waals surface area (Å²) in [6.07, 6.45) is 2.81. The smallest absolute Gasteiger partial charge is 0.137 e. The van der Waals surface area contributed by atoms with Crippen LogP contribution in [0, 0.1) is 0 Å². The van der Waals surface area contributed by atoms with Gasteiger partial charge in [-0.1, -0.05) is 0 Å². The third-order valence-corrected chi connectivity index (χ3v) is 3.04. The Morgan fingerprint density at radius 1 is 1.50 bits per heavy atom. The summed E-state index contributed by atoms with van der Waals surface area (Å²) in [5.74, 6) is 0. The van der Waals surface area contributed by atoms with Crippen molar-refractivity contribution in [1.29, 1.82) is 0 Å². The molecule has 0 aromatic rings. The van der Waals surface area contributed by atoms with E-state index < -0.39 is 0 Å². The summed E-state index contributed by atoms with van der Waals surface area (Å²) in [4.78, 5) is 12.7. The van der Waals surface area contributed by atoms with Crippen molar-refractivity contribution >= 4 is 6.29 Å². The number of piperidine rings is 1. The van der Waals surface area contributed by atoms with Crippen LogP contribution in [-0.4, -0.2) is 46.3 Å². The fourth-order valence-corrected chi connectivity index (χ4v) is 2.25. The molecule has 0 radical (unpaired) electrons. The fourth-order valence-electron chi connectivity index (χ4n) is 2.25. The van der Waals surface area contributed by atoms with E-state index in [1.165, 1.54) is 5.06 Å². The van der Waals surface area contributed by atoms with Crippen molar-refractivity contribution in [3.8, 4) is 0 Å². The highest BCUT2D eigenvalue weighted by Crippen LogP contribution is 2.29. The van der Waals surface area contributed by atoms with Crippen molar-refractivity contribution in [1.82, 2.24) is 9.96 Å². The third-order valence-electron chi connectivity index (χ3n) is 3.04. The lowest BCUT2D eigenvalue weighted by molar-refractivity contribution is -0.141. The van der Waals surface area contributed by atoms with Gasteiger partial charge in [0.25, 0.3) is 0 Å². The van der Waals surface area contributed by atoms with Gasteiger partial charge in [0, 0.05) is 12.6 Å². The zero-order chi connectivity index (χ0) is 8.72. The van der Waals surface area contributed by atoms with Gasteiger partial charge in [-0.25, -0.2) is 0 Å². The first-order chi connectivity index (χ1) is 5.74. The maximum absolute atomic E-state index is 10.7. The molecule has 0 aliphatic carbocycles. The van der Waals surface area contributed by atoms with Gasteiger partial charge >= 0.3 is 0 Å². The van der Waals surface area contributed by atoms with Crippen molar-refractivity contribution in [3.05, 3.63) is 0 Å². The largest absolute Gasteiger partial charge is 0.312 e. The van der Waals surface area contributed by atoms with Crippen LogP contribution in [0.15, 0.2) is 0 Å². The van der Waals surface area contributed by atoms with Crippen LogP contribution in [0.2, 0.25) is 0 Å². The number of aldehydes is 1. The van der Waals surface area contributed by atoms with Gasteiger partial charge in [0.1, 0.15) is 6.29 Å². The Morgan fingerprint density at radius 3 is 2.92 bits per heavy atom. The summed E-state index contributed by atoms with van der Waals surface area (Å²) in [5, 5.41) is 10.9. The summed E-state index contributed by atoms with van der Waals surface area (Å²) >= 11 is 0. The molecule has 0 spiro atoms. The van der Waals surface area contributed by atoms with E-state index in [9.17, 15) is 10.0 Å². The molecule has 4 nitrogen and oxygen atoms in total. The molecule has 0 aromatic carbocycles. The number of nitrogens with zero attached hydrogens (tertiary/aromatic N) is 2. The molecule has 2 rings (SSSR count). The van der Waals surface area contributed by atoms with Gasteiger partial charge < -0.3 is 10.0 Å². The molecule has 4 atom stereocenters. The summed E-state index contributed by atoms with van der Waals surface area (Å²) < 4.78 is 0. The highest BCUT2D eigenvalue weighted by Gasteiger charge is 2.43. The van der Waals surface area contributed by atoms with Crippen molar-refractivity contribution in [2.75, 3.05) is 6.54 Å². The number of carbonyl (C=O) groups excluding carboxylic acids is 1. The van der Waals surface area contributed by atoms with E-state index in [1.54, 1.807) is 0 Å². The quantitative estimate of drug-likeness (QED) is 0.565. The lowest BCUT2D eigenvalue weighted by Crippen LogP contribution is -2.42. The predicted octanol–water partition coefficient (Wildman–Crippen LogP) is 0.0691. The lowest BCUT2D eigenvalue weighted by atomic mass is 10.0. The molecule has 4 heteroatoms. The van der Waals surface area contributed by atoms with Crippen molar-refractivity contribution in [3.63, 3.8) is 0 Å². The number of hydroxylamine groups is 2. The van der Waals surface area contributed by atoms with Gasteiger partial charge in [0.05, 0.1) is 12.2 Å². The van der Waals surface area contributed by atoms with Crippen LogP contribution in [0.5, 0.6) is 0 Å². The lowest BCUT2D eigenvalue weighted by Gasteiger charge is -2.28. The highest BCUT2D eigenvalue weighted by atomic mass is 16.5. The number of fused-ring (bicyclic) bond motifs is 2. The van der Waals surface area contributed by atoms with Gasteiger partial charge in [-0.15, -0.1) is 0 Å². The molecule has 2 saturated heterocycles. The Balaban J connectivity index is 2.16. The van der Waals surface area contributed by atoms with E-state index in [0.717, 1.165) is 25.7 Å². The topological polar surface area (TPSA) is 43.8 Å². The molecular weight excluding hydrogens is 156 g/mol. The van der Waals surface area contributed by atoms with Crippen molar-refractivity contribution in [2.24, 2.45) is 0 Å². The normalized spacial score (nSPS) is 47.8. The van der Waals surface area contributed by atoms with Gasteiger partial charge in [-0.2, -0.15) is 5.06 Å². The van der Waals surface area contributed by atoms with E-state index in [4.69, 9.17) is 0 Å². The van der Waals surface area contributed by atoms with Gasteiger partial charge in [-0.05, 0) is 19.8 Å². The second kappa shape index (κ2) is 2.80. The Kier molecular flexibility index (Phi) is 1.90. The second-order valence-electron chi connectivity index (χ2n) is 3.64. The molecule has 2 fully saturated rings. The van der Waals surface area contributed by atoms with Crippen LogP contribution in [0.4, 0.5) is 0 Å². The Labute approximate surface area is 71.7 Å².